The van der Waals surface area contributed by atoms with Gasteiger partial charge in [0.15, 0.2) is 11.5 Å². The van der Waals surface area contributed by atoms with Crippen molar-refractivity contribution in [2.24, 2.45) is 0 Å². The van der Waals surface area contributed by atoms with Crippen LogP contribution >= 0.6 is 0 Å². The van der Waals surface area contributed by atoms with Gasteiger partial charge in [-0.05, 0) is 12.1 Å². The van der Waals surface area contributed by atoms with Gasteiger partial charge >= 0.3 is 5.97 Å². The Hall–Kier alpha value is -2.70. The van der Waals surface area contributed by atoms with Gasteiger partial charge in [0.25, 0.3) is 0 Å². The highest BCUT2D eigenvalue weighted by Gasteiger charge is 2.20. The van der Waals surface area contributed by atoms with Gasteiger partial charge in [-0.3, -0.25) is 0 Å². The monoisotopic (exact) mass is 285 g/mol. The fourth-order valence-corrected chi connectivity index (χ4v) is 2.01. The third-order valence-electron chi connectivity index (χ3n) is 3.16. The van der Waals surface area contributed by atoms with E-state index in [1.165, 1.54) is 10.7 Å². The Labute approximate surface area is 120 Å². The van der Waals surface area contributed by atoms with Crippen LogP contribution in [-0.2, 0) is 5.41 Å². The van der Waals surface area contributed by atoms with Gasteiger partial charge in [0.1, 0.15) is 5.52 Å². The van der Waals surface area contributed by atoms with E-state index in [1.54, 1.807) is 23.1 Å². The van der Waals surface area contributed by atoms with Crippen molar-refractivity contribution < 1.29 is 9.90 Å². The molecule has 0 fully saturated rings. The summed E-state index contributed by atoms with van der Waals surface area (Å²) in [5.41, 5.74) is 1.61. The van der Waals surface area contributed by atoms with E-state index in [0.29, 0.717) is 5.82 Å². The second-order valence-electron chi connectivity index (χ2n) is 5.81. The number of hydrogen-bond donors (Lipinski definition) is 1. The molecule has 3 rings (SSSR count). The largest absolute Gasteiger partial charge is 0.476 e. The molecule has 3 aromatic rings. The molecule has 1 N–H and O–H groups in total. The minimum absolute atomic E-state index is 0.0191. The molecule has 0 aliphatic carbocycles. The number of hydrogen-bond acceptors (Lipinski definition) is 4. The number of fused-ring (bicyclic) bond motifs is 1. The quantitative estimate of drug-likeness (QED) is 0.777. The Kier molecular flexibility index (Phi) is 2.79. The van der Waals surface area contributed by atoms with Gasteiger partial charge in [-0.1, -0.05) is 20.8 Å². The summed E-state index contributed by atoms with van der Waals surface area (Å²) < 4.78 is 3.18. The SMILES string of the molecule is CC(C)(C)c1cc2c(-n3ccc(C(=O)O)n3)nccn2n1. The second kappa shape index (κ2) is 4.41. The normalized spacial score (nSPS) is 12.0. The van der Waals surface area contributed by atoms with Crippen LogP contribution in [0.2, 0.25) is 0 Å². The fraction of sp³-hybridized carbons (Fsp3) is 0.286. The first kappa shape index (κ1) is 13.3. The summed E-state index contributed by atoms with van der Waals surface area (Å²) in [6.45, 7) is 6.24. The maximum atomic E-state index is 10.9. The van der Waals surface area contributed by atoms with Gasteiger partial charge < -0.3 is 5.11 Å². The Balaban J connectivity index is 2.18. The molecule has 0 bridgehead atoms. The Bertz CT molecular complexity index is 825. The molecular formula is C14H15N5O2. The molecule has 108 valence electrons. The molecule has 3 aromatic heterocycles. The van der Waals surface area contributed by atoms with Crippen LogP contribution in [0.4, 0.5) is 0 Å². The zero-order valence-corrected chi connectivity index (χ0v) is 12.0. The van der Waals surface area contributed by atoms with E-state index in [2.05, 4.69) is 36.0 Å². The van der Waals surface area contributed by atoms with Gasteiger partial charge in [-0.25, -0.2) is 19.0 Å². The van der Waals surface area contributed by atoms with Crippen LogP contribution in [0.25, 0.3) is 11.3 Å². The van der Waals surface area contributed by atoms with E-state index in [4.69, 9.17) is 5.11 Å². The number of rotatable bonds is 2. The standard InChI is InChI=1S/C14H15N5O2/c1-14(2,3)11-8-10-12(15-5-7-18(10)17-11)19-6-4-9(16-19)13(20)21/h4-8H,1-3H3,(H,20,21). The lowest BCUT2D eigenvalue weighted by atomic mass is 9.92. The molecule has 0 saturated heterocycles. The van der Waals surface area contributed by atoms with Gasteiger partial charge in [0.05, 0.1) is 5.69 Å². The zero-order chi connectivity index (χ0) is 15.2. The van der Waals surface area contributed by atoms with Crippen LogP contribution in [0, 0.1) is 0 Å². The molecule has 0 atom stereocenters. The van der Waals surface area contributed by atoms with Crippen molar-refractivity contribution >= 4 is 11.5 Å². The highest BCUT2D eigenvalue weighted by molar-refractivity contribution is 5.85. The first-order valence-corrected chi connectivity index (χ1v) is 6.50. The molecule has 3 heterocycles. The van der Waals surface area contributed by atoms with Crippen molar-refractivity contribution in [2.45, 2.75) is 26.2 Å². The predicted molar refractivity (Wildman–Crippen MR) is 75.8 cm³/mol. The summed E-state index contributed by atoms with van der Waals surface area (Å²) in [6, 6.07) is 3.39. The number of aromatic nitrogens is 5. The molecule has 0 aliphatic heterocycles. The lowest BCUT2D eigenvalue weighted by Gasteiger charge is -2.13. The van der Waals surface area contributed by atoms with Crippen molar-refractivity contribution in [1.82, 2.24) is 24.4 Å². The summed E-state index contributed by atoms with van der Waals surface area (Å²) in [6.07, 6.45) is 4.95. The summed E-state index contributed by atoms with van der Waals surface area (Å²) >= 11 is 0. The van der Waals surface area contributed by atoms with Crippen LogP contribution in [0.1, 0.15) is 37.0 Å². The summed E-state index contributed by atoms with van der Waals surface area (Å²) in [4.78, 5) is 15.2. The second-order valence-corrected chi connectivity index (χ2v) is 5.81. The molecule has 0 saturated carbocycles. The molecule has 0 aromatic carbocycles. The van der Waals surface area contributed by atoms with Crippen LogP contribution in [0.5, 0.6) is 0 Å². The first-order valence-electron chi connectivity index (χ1n) is 6.50. The average molecular weight is 285 g/mol. The Morgan fingerprint density at radius 1 is 1.24 bits per heavy atom. The molecule has 7 heteroatoms. The average Bonchev–Trinajstić information content (AvgIpc) is 3.04. The van der Waals surface area contributed by atoms with Gasteiger partial charge in [-0.15, -0.1) is 0 Å². The van der Waals surface area contributed by atoms with Crippen molar-refractivity contribution in [3.8, 4) is 5.82 Å². The molecular weight excluding hydrogens is 270 g/mol. The van der Waals surface area contributed by atoms with E-state index in [9.17, 15) is 4.79 Å². The Morgan fingerprint density at radius 3 is 2.62 bits per heavy atom. The predicted octanol–water partition coefficient (Wildman–Crippen LogP) is 1.91. The molecule has 0 spiro atoms. The molecule has 7 nitrogen and oxygen atoms in total. The maximum absolute atomic E-state index is 10.9. The maximum Gasteiger partial charge on any atom is 0.356 e. The number of carbonyl (C=O) groups is 1. The summed E-state index contributed by atoms with van der Waals surface area (Å²) in [5, 5.41) is 17.5. The zero-order valence-electron chi connectivity index (χ0n) is 12.0. The minimum Gasteiger partial charge on any atom is -0.476 e. The number of carboxylic acid groups (broad SMARTS) is 1. The van der Waals surface area contributed by atoms with Crippen LogP contribution in [0.15, 0.2) is 30.7 Å². The Morgan fingerprint density at radius 2 is 2.00 bits per heavy atom. The van der Waals surface area contributed by atoms with Crippen molar-refractivity contribution in [1.29, 1.82) is 0 Å². The van der Waals surface area contributed by atoms with Crippen LogP contribution in [0.3, 0.4) is 0 Å². The van der Waals surface area contributed by atoms with Crippen molar-refractivity contribution in [2.75, 3.05) is 0 Å². The smallest absolute Gasteiger partial charge is 0.356 e. The highest BCUT2D eigenvalue weighted by atomic mass is 16.4. The lowest BCUT2D eigenvalue weighted by molar-refractivity contribution is 0.0690. The summed E-state index contributed by atoms with van der Waals surface area (Å²) in [7, 11) is 0. The van der Waals surface area contributed by atoms with E-state index in [1.807, 2.05) is 6.07 Å². The molecule has 0 aliphatic rings. The van der Waals surface area contributed by atoms with Gasteiger partial charge in [0.2, 0.25) is 0 Å². The van der Waals surface area contributed by atoms with Gasteiger partial charge in [-0.2, -0.15) is 10.2 Å². The highest BCUT2D eigenvalue weighted by Crippen LogP contribution is 2.24. The van der Waals surface area contributed by atoms with E-state index in [0.717, 1.165) is 11.2 Å². The van der Waals surface area contributed by atoms with Crippen molar-refractivity contribution in [3.05, 3.63) is 42.1 Å². The topological polar surface area (TPSA) is 85.3 Å². The minimum atomic E-state index is -1.07. The van der Waals surface area contributed by atoms with E-state index in [-0.39, 0.29) is 11.1 Å². The molecule has 0 amide bonds. The molecule has 0 radical (unpaired) electrons. The summed E-state index contributed by atoms with van der Waals surface area (Å²) in [5.74, 6) is -0.516. The third-order valence-corrected chi connectivity index (χ3v) is 3.16. The van der Waals surface area contributed by atoms with E-state index < -0.39 is 5.97 Å². The number of nitrogens with zero attached hydrogens (tertiary/aromatic N) is 5. The number of carboxylic acids is 1. The fourth-order valence-electron chi connectivity index (χ4n) is 2.01. The van der Waals surface area contributed by atoms with Crippen molar-refractivity contribution in [3.63, 3.8) is 0 Å². The van der Waals surface area contributed by atoms with Crippen LogP contribution in [-0.4, -0.2) is 35.5 Å². The molecule has 0 unspecified atom stereocenters. The number of aromatic carboxylic acids is 1. The lowest BCUT2D eigenvalue weighted by Crippen LogP contribution is -2.11. The van der Waals surface area contributed by atoms with E-state index >= 15 is 0 Å². The third kappa shape index (κ3) is 2.26. The first-order chi connectivity index (χ1) is 9.86. The molecule has 21 heavy (non-hydrogen) atoms. The van der Waals surface area contributed by atoms with Gasteiger partial charge in [0, 0.05) is 24.0 Å². The van der Waals surface area contributed by atoms with Crippen LogP contribution < -0.4 is 0 Å².